The van der Waals surface area contributed by atoms with Gasteiger partial charge in [0.15, 0.2) is 5.65 Å². The number of ether oxygens (including phenoxy) is 1. The molecule has 0 aliphatic carbocycles. The number of carbonyl (C=O) groups excluding carboxylic acids is 1. The first-order chi connectivity index (χ1) is 16.2. The van der Waals surface area contributed by atoms with E-state index < -0.39 is 0 Å². The van der Waals surface area contributed by atoms with Gasteiger partial charge in [-0.3, -0.25) is 4.79 Å². The Morgan fingerprint density at radius 3 is 2.36 bits per heavy atom. The number of nitrogen functional groups attached to an aromatic ring is 1. The highest BCUT2D eigenvalue weighted by Crippen LogP contribution is 2.29. The first-order valence-corrected chi connectivity index (χ1v) is 10.6. The predicted molar refractivity (Wildman–Crippen MR) is 129 cm³/mol. The third kappa shape index (κ3) is 3.85. The monoisotopic (exact) mass is 437 g/mol. The average Bonchev–Trinajstić information content (AvgIpc) is 3.12. The molecule has 0 aliphatic heterocycles. The van der Waals surface area contributed by atoms with Gasteiger partial charge >= 0.3 is 0 Å². The van der Waals surface area contributed by atoms with E-state index in [9.17, 15) is 4.79 Å². The molecular weight excluding hydrogens is 414 g/mol. The Morgan fingerprint density at radius 1 is 0.939 bits per heavy atom. The van der Waals surface area contributed by atoms with Crippen molar-refractivity contribution in [3.05, 3.63) is 95.6 Å². The van der Waals surface area contributed by atoms with E-state index in [2.05, 4.69) is 5.32 Å². The fraction of sp³-hybridized carbons (Fsp3) is 0.115. The molecule has 33 heavy (non-hydrogen) atoms. The minimum absolute atomic E-state index is 0.300. The maximum Gasteiger partial charge on any atom is 0.257 e. The number of amides is 1. The van der Waals surface area contributed by atoms with Crippen LogP contribution in [-0.2, 0) is 13.1 Å². The SMILES string of the molecule is COc1ccccc1CNC(=O)c1c(N)n(Cc2ccccc2)c2nc3ccccc3nc12. The smallest absolute Gasteiger partial charge is 0.257 e. The van der Waals surface area contributed by atoms with E-state index in [0.29, 0.717) is 46.9 Å². The molecule has 7 nitrogen and oxygen atoms in total. The summed E-state index contributed by atoms with van der Waals surface area (Å²) in [5.41, 5.74) is 11.3. The zero-order chi connectivity index (χ0) is 22.8. The number of methoxy groups -OCH3 is 1. The molecule has 1 amide bonds. The summed E-state index contributed by atoms with van der Waals surface area (Å²) in [5, 5.41) is 2.97. The van der Waals surface area contributed by atoms with Crippen LogP contribution in [0.3, 0.4) is 0 Å². The van der Waals surface area contributed by atoms with Crippen LogP contribution in [0, 0.1) is 0 Å². The van der Waals surface area contributed by atoms with Crippen LogP contribution in [0.4, 0.5) is 5.82 Å². The number of aromatic nitrogens is 3. The van der Waals surface area contributed by atoms with Crippen LogP contribution in [0.15, 0.2) is 78.9 Å². The molecule has 0 radical (unpaired) electrons. The van der Waals surface area contributed by atoms with Gasteiger partial charge in [0.25, 0.3) is 5.91 Å². The number of nitrogens with one attached hydrogen (secondary N) is 1. The molecule has 0 atom stereocenters. The Balaban J connectivity index is 1.59. The van der Waals surface area contributed by atoms with Crippen LogP contribution in [0.25, 0.3) is 22.2 Å². The lowest BCUT2D eigenvalue weighted by Gasteiger charge is -2.10. The molecular formula is C26H23N5O2. The number of rotatable bonds is 6. The maximum atomic E-state index is 13.3. The molecule has 0 unspecified atom stereocenters. The highest BCUT2D eigenvalue weighted by Gasteiger charge is 2.24. The largest absolute Gasteiger partial charge is 0.496 e. The third-order valence-electron chi connectivity index (χ3n) is 5.63. The van der Waals surface area contributed by atoms with E-state index >= 15 is 0 Å². The van der Waals surface area contributed by atoms with Gasteiger partial charge in [-0.1, -0.05) is 60.7 Å². The van der Waals surface area contributed by atoms with Crippen molar-refractivity contribution >= 4 is 33.9 Å². The van der Waals surface area contributed by atoms with E-state index in [1.54, 1.807) is 7.11 Å². The second kappa shape index (κ2) is 8.63. The van der Waals surface area contributed by atoms with Crippen molar-refractivity contribution in [1.82, 2.24) is 19.9 Å². The van der Waals surface area contributed by atoms with Crippen molar-refractivity contribution in [3.63, 3.8) is 0 Å². The lowest BCUT2D eigenvalue weighted by Crippen LogP contribution is -2.24. The molecule has 2 aromatic heterocycles. The van der Waals surface area contributed by atoms with E-state index in [1.807, 2.05) is 83.4 Å². The average molecular weight is 438 g/mol. The molecule has 5 aromatic rings. The molecule has 0 saturated carbocycles. The van der Waals surface area contributed by atoms with Crippen LogP contribution in [0.1, 0.15) is 21.5 Å². The fourth-order valence-corrected chi connectivity index (χ4v) is 3.98. The van der Waals surface area contributed by atoms with E-state index in [-0.39, 0.29) is 5.91 Å². The number of benzene rings is 3. The van der Waals surface area contributed by atoms with Crippen molar-refractivity contribution in [2.24, 2.45) is 0 Å². The Hall–Kier alpha value is -4.39. The van der Waals surface area contributed by atoms with Crippen molar-refractivity contribution in [3.8, 4) is 5.75 Å². The maximum absolute atomic E-state index is 13.3. The minimum Gasteiger partial charge on any atom is -0.496 e. The molecule has 0 fully saturated rings. The first kappa shape index (κ1) is 20.5. The van der Waals surface area contributed by atoms with E-state index in [4.69, 9.17) is 20.4 Å². The Labute approximate surface area is 190 Å². The van der Waals surface area contributed by atoms with Crippen LogP contribution >= 0.6 is 0 Å². The summed E-state index contributed by atoms with van der Waals surface area (Å²) >= 11 is 0. The van der Waals surface area contributed by atoms with Crippen molar-refractivity contribution in [1.29, 1.82) is 0 Å². The first-order valence-electron chi connectivity index (χ1n) is 10.6. The number of hydrogen-bond donors (Lipinski definition) is 2. The topological polar surface area (TPSA) is 95.1 Å². The number of nitrogens with zero attached hydrogens (tertiary/aromatic N) is 3. The molecule has 0 saturated heterocycles. The summed E-state index contributed by atoms with van der Waals surface area (Å²) in [4.78, 5) is 22.9. The van der Waals surface area contributed by atoms with Gasteiger partial charge < -0.3 is 20.4 Å². The van der Waals surface area contributed by atoms with Gasteiger partial charge in [0, 0.05) is 12.1 Å². The predicted octanol–water partition coefficient (Wildman–Crippen LogP) is 4.15. The summed E-state index contributed by atoms with van der Waals surface area (Å²) < 4.78 is 7.24. The minimum atomic E-state index is -0.306. The Morgan fingerprint density at radius 2 is 1.61 bits per heavy atom. The summed E-state index contributed by atoms with van der Waals surface area (Å²) in [5.74, 6) is 0.740. The van der Waals surface area contributed by atoms with Crippen LogP contribution in [0.2, 0.25) is 0 Å². The van der Waals surface area contributed by atoms with Crippen molar-refractivity contribution in [2.45, 2.75) is 13.1 Å². The Kier molecular flexibility index (Phi) is 5.36. The summed E-state index contributed by atoms with van der Waals surface area (Å²) in [6.45, 7) is 0.782. The summed E-state index contributed by atoms with van der Waals surface area (Å²) in [6, 6.07) is 25.1. The molecule has 2 heterocycles. The van der Waals surface area contributed by atoms with Crippen molar-refractivity contribution < 1.29 is 9.53 Å². The van der Waals surface area contributed by atoms with Gasteiger partial charge in [-0.05, 0) is 23.8 Å². The van der Waals surface area contributed by atoms with Gasteiger partial charge in [-0.2, -0.15) is 0 Å². The van der Waals surface area contributed by atoms with Gasteiger partial charge in [-0.25, -0.2) is 9.97 Å². The molecule has 164 valence electrons. The van der Waals surface area contributed by atoms with Gasteiger partial charge in [-0.15, -0.1) is 0 Å². The molecule has 3 aromatic carbocycles. The normalized spacial score (nSPS) is 11.1. The quantitative estimate of drug-likeness (QED) is 0.416. The number of nitrogens with two attached hydrogens (primary N) is 1. The summed E-state index contributed by atoms with van der Waals surface area (Å²) in [6.07, 6.45) is 0. The van der Waals surface area contributed by atoms with Gasteiger partial charge in [0.05, 0.1) is 24.7 Å². The number of hydrogen-bond acceptors (Lipinski definition) is 5. The molecule has 7 heteroatoms. The van der Waals surface area contributed by atoms with E-state index in [1.165, 1.54) is 0 Å². The van der Waals surface area contributed by atoms with Crippen molar-refractivity contribution in [2.75, 3.05) is 12.8 Å². The van der Waals surface area contributed by atoms with Crippen LogP contribution in [0.5, 0.6) is 5.75 Å². The molecule has 5 rings (SSSR count). The highest BCUT2D eigenvalue weighted by molar-refractivity contribution is 6.10. The van der Waals surface area contributed by atoms with Gasteiger partial charge in [0.1, 0.15) is 22.6 Å². The lowest BCUT2D eigenvalue weighted by molar-refractivity contribution is 0.0953. The van der Waals surface area contributed by atoms with Crippen LogP contribution < -0.4 is 15.8 Å². The second-order valence-corrected chi connectivity index (χ2v) is 7.71. The standard InChI is InChI=1S/C26H23N5O2/c1-33-21-14-8-5-11-18(21)15-28-26(32)22-23-25(30-20-13-7-6-12-19(20)29-23)31(24(22)27)16-17-9-3-2-4-10-17/h2-14H,15-16,27H2,1H3,(H,28,32). The van der Waals surface area contributed by atoms with E-state index in [0.717, 1.165) is 16.6 Å². The third-order valence-corrected chi connectivity index (χ3v) is 5.63. The molecule has 0 bridgehead atoms. The number of carbonyl (C=O) groups is 1. The molecule has 0 aliphatic rings. The second-order valence-electron chi connectivity index (χ2n) is 7.71. The number of para-hydroxylation sites is 3. The number of anilines is 1. The zero-order valence-electron chi connectivity index (χ0n) is 18.2. The fourth-order valence-electron chi connectivity index (χ4n) is 3.98. The molecule has 3 N–H and O–H groups in total. The number of fused-ring (bicyclic) bond motifs is 2. The van der Waals surface area contributed by atoms with Crippen LogP contribution in [-0.4, -0.2) is 27.6 Å². The lowest BCUT2D eigenvalue weighted by atomic mass is 10.2. The van der Waals surface area contributed by atoms with Gasteiger partial charge in [0.2, 0.25) is 0 Å². The Bertz CT molecular complexity index is 1460. The highest BCUT2D eigenvalue weighted by atomic mass is 16.5. The summed E-state index contributed by atoms with van der Waals surface area (Å²) in [7, 11) is 1.61. The zero-order valence-corrected chi connectivity index (χ0v) is 18.2. The molecule has 0 spiro atoms.